The van der Waals surface area contributed by atoms with Gasteiger partial charge < -0.3 is 10.0 Å². The average Bonchev–Trinajstić information content (AvgIpc) is 2.36. The summed E-state index contributed by atoms with van der Waals surface area (Å²) in [7, 11) is 1.98. The monoisotopic (exact) mass is 179 g/mol. The van der Waals surface area contributed by atoms with Gasteiger partial charge in [-0.3, -0.25) is 0 Å². The lowest BCUT2D eigenvalue weighted by Gasteiger charge is -2.24. The Bertz CT molecular complexity index is 231. The van der Waals surface area contributed by atoms with Crippen LogP contribution in [0.1, 0.15) is 13.3 Å². The van der Waals surface area contributed by atoms with Gasteiger partial charge >= 0.3 is 0 Å². The number of likely N-dealkylation sites (N-methyl/N-ethyl adjacent to an activating group) is 1. The first kappa shape index (κ1) is 10.1. The molecule has 0 aromatic heterocycles. The van der Waals surface area contributed by atoms with Crippen molar-refractivity contribution >= 4 is 0 Å². The van der Waals surface area contributed by atoms with E-state index in [1.165, 1.54) is 0 Å². The molecule has 1 rings (SSSR count). The first-order chi connectivity index (χ1) is 6.17. The lowest BCUT2D eigenvalue weighted by atomic mass is 10.0. The van der Waals surface area contributed by atoms with Crippen LogP contribution < -0.4 is 0 Å². The van der Waals surface area contributed by atoms with Crippen LogP contribution in [0.3, 0.4) is 0 Å². The first-order valence-electron chi connectivity index (χ1n) is 4.57. The quantitative estimate of drug-likeness (QED) is 0.712. The zero-order valence-corrected chi connectivity index (χ0v) is 8.33. The first-order valence-corrected chi connectivity index (χ1v) is 4.57. The molecule has 72 valence electrons. The molecule has 0 amide bonds. The highest BCUT2D eigenvalue weighted by Gasteiger charge is 2.33. The fourth-order valence-corrected chi connectivity index (χ4v) is 1.94. The van der Waals surface area contributed by atoms with Crippen molar-refractivity contribution in [2.45, 2.75) is 25.5 Å². The fourth-order valence-electron chi connectivity index (χ4n) is 1.94. The minimum atomic E-state index is -0.416. The molecule has 1 aliphatic rings. The van der Waals surface area contributed by atoms with Crippen LogP contribution in [0.25, 0.3) is 0 Å². The molecule has 0 saturated carbocycles. The Labute approximate surface area is 79.9 Å². The predicted octanol–water partition coefficient (Wildman–Crippen LogP) is 1.70. The summed E-state index contributed by atoms with van der Waals surface area (Å²) in [6, 6.07) is 0.168. The van der Waals surface area contributed by atoms with Gasteiger partial charge in [0, 0.05) is 18.3 Å². The van der Waals surface area contributed by atoms with Gasteiger partial charge in [-0.15, -0.1) is 0 Å². The second-order valence-corrected chi connectivity index (χ2v) is 3.28. The third kappa shape index (κ3) is 1.42. The molecular formula is C11H17NO. The summed E-state index contributed by atoms with van der Waals surface area (Å²) < 4.78 is 0. The van der Waals surface area contributed by atoms with Crippen LogP contribution >= 0.6 is 0 Å². The molecule has 1 N–H and O–H groups in total. The summed E-state index contributed by atoms with van der Waals surface area (Å²) in [6.45, 7) is 9.50. The minimum Gasteiger partial charge on any atom is -0.386 e. The normalized spacial score (nSPS) is 28.1. The van der Waals surface area contributed by atoms with Crippen LogP contribution in [0.4, 0.5) is 0 Å². The SMILES string of the molecule is C=CC1=C(C=C)N(C)C(CC)C1O. The molecule has 0 fully saturated rings. The number of rotatable bonds is 3. The number of aliphatic hydroxyl groups excluding tert-OH is 1. The van der Waals surface area contributed by atoms with Gasteiger partial charge in [0.05, 0.1) is 6.04 Å². The van der Waals surface area contributed by atoms with E-state index in [0.717, 1.165) is 17.7 Å². The van der Waals surface area contributed by atoms with E-state index in [-0.39, 0.29) is 6.04 Å². The van der Waals surface area contributed by atoms with Gasteiger partial charge in [0.25, 0.3) is 0 Å². The number of hydrogen-bond donors (Lipinski definition) is 1. The third-order valence-corrected chi connectivity index (χ3v) is 2.69. The Morgan fingerprint density at radius 2 is 2.08 bits per heavy atom. The summed E-state index contributed by atoms with van der Waals surface area (Å²) in [4.78, 5) is 2.06. The smallest absolute Gasteiger partial charge is 0.101 e. The third-order valence-electron chi connectivity index (χ3n) is 2.69. The van der Waals surface area contributed by atoms with E-state index in [2.05, 4.69) is 25.0 Å². The topological polar surface area (TPSA) is 23.5 Å². The van der Waals surface area contributed by atoms with Crippen LogP contribution in [-0.2, 0) is 0 Å². The largest absolute Gasteiger partial charge is 0.386 e. The van der Waals surface area contributed by atoms with Gasteiger partial charge in [-0.1, -0.05) is 26.2 Å². The van der Waals surface area contributed by atoms with Crippen molar-refractivity contribution in [3.8, 4) is 0 Å². The predicted molar refractivity (Wildman–Crippen MR) is 55.3 cm³/mol. The lowest BCUT2D eigenvalue weighted by Crippen LogP contribution is -2.33. The molecule has 2 unspecified atom stereocenters. The zero-order valence-electron chi connectivity index (χ0n) is 8.33. The molecule has 1 heterocycles. The van der Waals surface area contributed by atoms with Gasteiger partial charge in [0.2, 0.25) is 0 Å². The molecule has 2 atom stereocenters. The summed E-state index contributed by atoms with van der Waals surface area (Å²) in [5.41, 5.74) is 1.89. The number of allylic oxidation sites excluding steroid dienone is 1. The van der Waals surface area contributed by atoms with Gasteiger partial charge in [0.15, 0.2) is 0 Å². The highest BCUT2D eigenvalue weighted by Crippen LogP contribution is 2.30. The number of aliphatic hydroxyl groups is 1. The molecule has 0 aromatic carbocycles. The molecule has 0 aromatic rings. The maximum Gasteiger partial charge on any atom is 0.101 e. The Hall–Kier alpha value is -1.02. The van der Waals surface area contributed by atoms with Crippen molar-refractivity contribution in [1.82, 2.24) is 4.90 Å². The maximum atomic E-state index is 9.90. The van der Waals surface area contributed by atoms with E-state index in [1.54, 1.807) is 12.2 Å². The molecule has 0 bridgehead atoms. The maximum absolute atomic E-state index is 9.90. The molecule has 2 heteroatoms. The molecular weight excluding hydrogens is 162 g/mol. The second-order valence-electron chi connectivity index (χ2n) is 3.28. The molecule has 0 saturated heterocycles. The Balaban J connectivity index is 3.05. The molecule has 0 radical (unpaired) electrons. The van der Waals surface area contributed by atoms with Crippen LogP contribution in [-0.4, -0.2) is 29.2 Å². The van der Waals surface area contributed by atoms with Crippen molar-refractivity contribution in [1.29, 1.82) is 0 Å². The van der Waals surface area contributed by atoms with E-state index >= 15 is 0 Å². The second kappa shape index (κ2) is 3.79. The Kier molecular flexibility index (Phi) is 2.94. The standard InChI is InChI=1S/C11H17NO/c1-5-8-9(6-2)12(4)10(7-3)11(8)13/h5-6,10-11,13H,1-2,7H2,3-4H3. The molecule has 1 aliphatic heterocycles. The van der Waals surface area contributed by atoms with Crippen LogP contribution in [0.15, 0.2) is 36.6 Å². The Morgan fingerprint density at radius 1 is 1.46 bits per heavy atom. The van der Waals surface area contributed by atoms with Crippen molar-refractivity contribution in [2.75, 3.05) is 7.05 Å². The molecule has 2 nitrogen and oxygen atoms in total. The van der Waals surface area contributed by atoms with E-state index in [0.29, 0.717) is 0 Å². The lowest BCUT2D eigenvalue weighted by molar-refractivity contribution is 0.135. The fraction of sp³-hybridized carbons (Fsp3) is 0.455. The van der Waals surface area contributed by atoms with Crippen molar-refractivity contribution < 1.29 is 5.11 Å². The summed E-state index contributed by atoms with van der Waals surface area (Å²) in [5, 5.41) is 9.90. The van der Waals surface area contributed by atoms with Gasteiger partial charge in [-0.05, 0) is 12.5 Å². The van der Waals surface area contributed by atoms with Gasteiger partial charge in [-0.2, -0.15) is 0 Å². The van der Waals surface area contributed by atoms with Crippen molar-refractivity contribution in [2.24, 2.45) is 0 Å². The molecule has 13 heavy (non-hydrogen) atoms. The molecule has 0 aliphatic carbocycles. The van der Waals surface area contributed by atoms with Gasteiger partial charge in [0.1, 0.15) is 6.10 Å². The summed E-state index contributed by atoms with van der Waals surface area (Å²) in [5.74, 6) is 0. The van der Waals surface area contributed by atoms with E-state index in [9.17, 15) is 5.11 Å². The minimum absolute atomic E-state index is 0.168. The van der Waals surface area contributed by atoms with Crippen molar-refractivity contribution in [3.05, 3.63) is 36.6 Å². The molecule has 0 spiro atoms. The number of nitrogens with zero attached hydrogens (tertiary/aromatic N) is 1. The summed E-state index contributed by atoms with van der Waals surface area (Å²) >= 11 is 0. The van der Waals surface area contributed by atoms with Gasteiger partial charge in [-0.25, -0.2) is 0 Å². The van der Waals surface area contributed by atoms with E-state index in [4.69, 9.17) is 0 Å². The van der Waals surface area contributed by atoms with E-state index in [1.807, 2.05) is 7.05 Å². The van der Waals surface area contributed by atoms with Crippen LogP contribution in [0.5, 0.6) is 0 Å². The highest BCUT2D eigenvalue weighted by atomic mass is 16.3. The van der Waals surface area contributed by atoms with Crippen LogP contribution in [0, 0.1) is 0 Å². The zero-order chi connectivity index (χ0) is 10.0. The average molecular weight is 179 g/mol. The van der Waals surface area contributed by atoms with Crippen LogP contribution in [0.2, 0.25) is 0 Å². The summed E-state index contributed by atoms with van der Waals surface area (Å²) in [6.07, 6.45) is 4.00. The van der Waals surface area contributed by atoms with E-state index < -0.39 is 6.10 Å². The number of hydrogen-bond acceptors (Lipinski definition) is 2. The Morgan fingerprint density at radius 3 is 2.38 bits per heavy atom. The highest BCUT2D eigenvalue weighted by molar-refractivity contribution is 5.39. The van der Waals surface area contributed by atoms with Crippen molar-refractivity contribution in [3.63, 3.8) is 0 Å².